The summed E-state index contributed by atoms with van der Waals surface area (Å²) < 4.78 is 18.9. The van der Waals surface area contributed by atoms with Gasteiger partial charge in [-0.05, 0) is 55.2 Å². The molecule has 0 atom stereocenters. The Morgan fingerprint density at radius 2 is 1.79 bits per heavy atom. The number of aryl methyl sites for hydroxylation is 1. The maximum atomic E-state index is 13.4. The van der Waals surface area contributed by atoms with Crippen LogP contribution >= 0.6 is 0 Å². The van der Waals surface area contributed by atoms with Crippen molar-refractivity contribution >= 4 is 17.5 Å². The Labute approximate surface area is 164 Å². The minimum atomic E-state index is -0.285. The molecule has 1 aliphatic heterocycles. The first-order valence-corrected chi connectivity index (χ1v) is 9.40. The fourth-order valence-electron chi connectivity index (χ4n) is 3.57. The average molecular weight is 384 g/mol. The smallest absolute Gasteiger partial charge is 0.251 e. The average Bonchev–Trinajstić information content (AvgIpc) is 2.68. The fraction of sp³-hybridized carbons (Fsp3) is 0.364. The molecule has 0 spiro atoms. The SMILES string of the molecule is CC(=O)Nc1cc(C(=O)NCC2(c3ccc(F)cc3)CCOCC2)ccc1C. The van der Waals surface area contributed by atoms with Gasteiger partial charge in [0.2, 0.25) is 5.91 Å². The summed E-state index contributed by atoms with van der Waals surface area (Å²) in [4.78, 5) is 24.1. The lowest BCUT2D eigenvalue weighted by Crippen LogP contribution is -2.44. The van der Waals surface area contributed by atoms with E-state index in [9.17, 15) is 14.0 Å². The van der Waals surface area contributed by atoms with Gasteiger partial charge in [0.05, 0.1) is 0 Å². The summed E-state index contributed by atoms with van der Waals surface area (Å²) in [5.41, 5.74) is 2.71. The van der Waals surface area contributed by atoms with Crippen molar-refractivity contribution in [3.8, 4) is 0 Å². The summed E-state index contributed by atoms with van der Waals surface area (Å²) in [6.07, 6.45) is 1.51. The molecule has 5 nitrogen and oxygen atoms in total. The van der Waals surface area contributed by atoms with Gasteiger partial charge >= 0.3 is 0 Å². The van der Waals surface area contributed by atoms with Crippen molar-refractivity contribution in [3.05, 3.63) is 65.0 Å². The van der Waals surface area contributed by atoms with Gasteiger partial charge in [0.15, 0.2) is 0 Å². The van der Waals surface area contributed by atoms with Crippen LogP contribution in [0.3, 0.4) is 0 Å². The van der Waals surface area contributed by atoms with Crippen LogP contribution in [0.15, 0.2) is 42.5 Å². The number of amides is 2. The summed E-state index contributed by atoms with van der Waals surface area (Å²) in [5, 5.41) is 5.76. The molecule has 28 heavy (non-hydrogen) atoms. The topological polar surface area (TPSA) is 67.4 Å². The second kappa shape index (κ2) is 8.52. The molecule has 0 aromatic heterocycles. The molecule has 2 amide bonds. The number of rotatable bonds is 5. The second-order valence-electron chi connectivity index (χ2n) is 7.29. The zero-order chi connectivity index (χ0) is 20.1. The molecule has 0 radical (unpaired) electrons. The van der Waals surface area contributed by atoms with Crippen molar-refractivity contribution < 1.29 is 18.7 Å². The van der Waals surface area contributed by atoms with Crippen molar-refractivity contribution in [2.75, 3.05) is 25.1 Å². The van der Waals surface area contributed by atoms with E-state index in [-0.39, 0.29) is 23.0 Å². The highest BCUT2D eigenvalue weighted by atomic mass is 19.1. The quantitative estimate of drug-likeness (QED) is 0.828. The van der Waals surface area contributed by atoms with E-state index in [1.54, 1.807) is 24.3 Å². The molecule has 1 heterocycles. The maximum absolute atomic E-state index is 13.4. The van der Waals surface area contributed by atoms with Crippen molar-refractivity contribution in [1.29, 1.82) is 0 Å². The van der Waals surface area contributed by atoms with E-state index in [4.69, 9.17) is 4.74 Å². The number of carbonyl (C=O) groups excluding carboxylic acids is 2. The van der Waals surface area contributed by atoms with Gasteiger partial charge in [-0.15, -0.1) is 0 Å². The van der Waals surface area contributed by atoms with Crippen LogP contribution in [-0.2, 0) is 14.9 Å². The number of halogens is 1. The van der Waals surface area contributed by atoms with Crippen LogP contribution in [0.4, 0.5) is 10.1 Å². The van der Waals surface area contributed by atoms with E-state index in [1.807, 2.05) is 13.0 Å². The molecule has 2 aromatic carbocycles. The van der Waals surface area contributed by atoms with E-state index in [2.05, 4.69) is 10.6 Å². The summed E-state index contributed by atoms with van der Waals surface area (Å²) in [6.45, 7) is 4.95. The van der Waals surface area contributed by atoms with Crippen molar-refractivity contribution in [3.63, 3.8) is 0 Å². The molecule has 0 aliphatic carbocycles. The highest BCUT2D eigenvalue weighted by Crippen LogP contribution is 2.34. The van der Waals surface area contributed by atoms with Gasteiger partial charge in [-0.2, -0.15) is 0 Å². The Hall–Kier alpha value is -2.73. The molecule has 0 saturated carbocycles. The first kappa shape index (κ1) is 20.0. The zero-order valence-electron chi connectivity index (χ0n) is 16.2. The third kappa shape index (κ3) is 4.57. The number of hydrogen-bond donors (Lipinski definition) is 2. The predicted molar refractivity (Wildman–Crippen MR) is 106 cm³/mol. The Morgan fingerprint density at radius 3 is 2.43 bits per heavy atom. The summed E-state index contributed by atoms with van der Waals surface area (Å²) >= 11 is 0. The van der Waals surface area contributed by atoms with E-state index in [0.29, 0.717) is 31.0 Å². The molecule has 3 rings (SSSR count). The number of carbonyl (C=O) groups is 2. The predicted octanol–water partition coefficient (Wildman–Crippen LogP) is 3.57. The minimum absolute atomic E-state index is 0.182. The van der Waals surface area contributed by atoms with Crippen molar-refractivity contribution in [2.45, 2.75) is 32.1 Å². The number of anilines is 1. The maximum Gasteiger partial charge on any atom is 0.251 e. The van der Waals surface area contributed by atoms with Crippen LogP contribution in [0.2, 0.25) is 0 Å². The number of nitrogens with one attached hydrogen (secondary N) is 2. The van der Waals surface area contributed by atoms with Gasteiger partial charge in [0.1, 0.15) is 5.82 Å². The molecule has 1 aliphatic rings. The lowest BCUT2D eigenvalue weighted by molar-refractivity contribution is -0.114. The van der Waals surface area contributed by atoms with Gasteiger partial charge in [-0.3, -0.25) is 9.59 Å². The van der Waals surface area contributed by atoms with Gasteiger partial charge in [-0.1, -0.05) is 18.2 Å². The molecule has 148 valence electrons. The molecular formula is C22H25FN2O3. The second-order valence-corrected chi connectivity index (χ2v) is 7.29. The molecule has 2 aromatic rings. The van der Waals surface area contributed by atoms with Crippen LogP contribution < -0.4 is 10.6 Å². The lowest BCUT2D eigenvalue weighted by atomic mass is 9.74. The van der Waals surface area contributed by atoms with E-state index < -0.39 is 0 Å². The molecule has 0 unspecified atom stereocenters. The molecule has 1 fully saturated rings. The number of benzene rings is 2. The fourth-order valence-corrected chi connectivity index (χ4v) is 3.57. The van der Waals surface area contributed by atoms with Crippen LogP contribution in [0, 0.1) is 12.7 Å². The minimum Gasteiger partial charge on any atom is -0.381 e. The van der Waals surface area contributed by atoms with Gasteiger partial charge in [-0.25, -0.2) is 4.39 Å². The van der Waals surface area contributed by atoms with E-state index in [0.717, 1.165) is 24.0 Å². The van der Waals surface area contributed by atoms with Crippen LogP contribution in [0.1, 0.15) is 41.3 Å². The van der Waals surface area contributed by atoms with Crippen LogP contribution in [0.5, 0.6) is 0 Å². The summed E-state index contributed by atoms with van der Waals surface area (Å²) in [6, 6.07) is 11.7. The third-order valence-electron chi connectivity index (χ3n) is 5.30. The van der Waals surface area contributed by atoms with Gasteiger partial charge in [0, 0.05) is 43.3 Å². The Kier molecular flexibility index (Phi) is 6.09. The highest BCUT2D eigenvalue weighted by Gasteiger charge is 2.35. The first-order valence-electron chi connectivity index (χ1n) is 9.40. The first-order chi connectivity index (χ1) is 13.4. The largest absolute Gasteiger partial charge is 0.381 e. The van der Waals surface area contributed by atoms with Crippen molar-refractivity contribution in [1.82, 2.24) is 5.32 Å². The highest BCUT2D eigenvalue weighted by molar-refractivity contribution is 5.97. The monoisotopic (exact) mass is 384 g/mol. The number of hydrogen-bond acceptors (Lipinski definition) is 3. The standard InChI is InChI=1S/C22H25FN2O3/c1-15-3-4-17(13-20(15)25-16(2)26)21(27)24-14-22(9-11-28-12-10-22)18-5-7-19(23)8-6-18/h3-8,13H,9-12,14H2,1-2H3,(H,24,27)(H,25,26). The third-order valence-corrected chi connectivity index (χ3v) is 5.30. The Morgan fingerprint density at radius 1 is 1.11 bits per heavy atom. The van der Waals surface area contributed by atoms with E-state index >= 15 is 0 Å². The number of ether oxygens (including phenoxy) is 1. The molecule has 6 heteroatoms. The summed E-state index contributed by atoms with van der Waals surface area (Å²) in [7, 11) is 0. The van der Waals surface area contributed by atoms with Gasteiger partial charge in [0.25, 0.3) is 5.91 Å². The van der Waals surface area contributed by atoms with E-state index in [1.165, 1.54) is 19.1 Å². The molecule has 2 N–H and O–H groups in total. The normalized spacial score (nSPS) is 15.7. The van der Waals surface area contributed by atoms with Crippen LogP contribution in [-0.4, -0.2) is 31.6 Å². The van der Waals surface area contributed by atoms with Gasteiger partial charge < -0.3 is 15.4 Å². The summed E-state index contributed by atoms with van der Waals surface area (Å²) in [5.74, 6) is -0.669. The molecular weight excluding hydrogens is 359 g/mol. The lowest BCUT2D eigenvalue weighted by Gasteiger charge is -2.38. The van der Waals surface area contributed by atoms with Crippen LogP contribution in [0.25, 0.3) is 0 Å². The van der Waals surface area contributed by atoms with Crippen molar-refractivity contribution in [2.24, 2.45) is 0 Å². The molecule has 0 bridgehead atoms. The Bertz CT molecular complexity index is 859. The molecule has 1 saturated heterocycles. The zero-order valence-corrected chi connectivity index (χ0v) is 16.2. The Balaban J connectivity index is 1.77.